The molecule has 10 heteroatoms. The quantitative estimate of drug-likeness (QED) is 0.424. The largest absolute Gasteiger partial charge is 0.475 e. The van der Waals surface area contributed by atoms with Crippen molar-refractivity contribution in [3.8, 4) is 0 Å². The maximum absolute atomic E-state index is 12.4. The third-order valence-corrected chi connectivity index (χ3v) is 3.96. The summed E-state index contributed by atoms with van der Waals surface area (Å²) in [5.41, 5.74) is 0.679. The van der Waals surface area contributed by atoms with Gasteiger partial charge in [-0.2, -0.15) is 0 Å². The van der Waals surface area contributed by atoms with Crippen molar-refractivity contribution < 1.29 is 23.3 Å². The van der Waals surface area contributed by atoms with Gasteiger partial charge in [0.25, 0.3) is 0 Å². The van der Waals surface area contributed by atoms with E-state index in [1.165, 1.54) is 6.20 Å². The number of hydrogen-bond acceptors (Lipinski definition) is 6. The van der Waals surface area contributed by atoms with Crippen LogP contribution in [0.1, 0.15) is 25.8 Å². The summed E-state index contributed by atoms with van der Waals surface area (Å²) in [5.74, 6) is -1.38. The summed E-state index contributed by atoms with van der Waals surface area (Å²) in [6, 6.07) is 2.34. The molecule has 134 valence electrons. The fraction of sp³-hybridized carbons (Fsp3) is 0.571. The minimum absolute atomic E-state index is 0.0999. The highest BCUT2D eigenvalue weighted by Gasteiger charge is 2.30. The molecule has 1 heterocycles. The summed E-state index contributed by atoms with van der Waals surface area (Å²) in [6.07, 6.45) is 4.52. The van der Waals surface area contributed by atoms with E-state index in [0.717, 1.165) is 6.26 Å². The molecule has 0 bridgehead atoms. The topological polar surface area (TPSA) is 129 Å². The molecular formula is C14H24BN3O5S. The predicted octanol–water partition coefficient (Wildman–Crippen LogP) is -0.915. The molecule has 0 spiro atoms. The number of carbonyl (C=O) groups excluding carboxylic acids is 1. The third kappa shape index (κ3) is 7.87. The van der Waals surface area contributed by atoms with Gasteiger partial charge in [0.1, 0.15) is 6.04 Å². The normalized spacial score (nSPS) is 14.2. The zero-order valence-corrected chi connectivity index (χ0v) is 14.8. The second-order valence-corrected chi connectivity index (χ2v) is 7.95. The first kappa shape index (κ1) is 20.6. The molecule has 0 aliphatic rings. The van der Waals surface area contributed by atoms with E-state index < -0.39 is 35.0 Å². The molecule has 2 atom stereocenters. The van der Waals surface area contributed by atoms with Crippen molar-refractivity contribution in [2.75, 3.05) is 6.26 Å². The Labute approximate surface area is 142 Å². The van der Waals surface area contributed by atoms with Crippen LogP contribution in [0.3, 0.4) is 0 Å². The number of nitrogens with zero attached hydrogens (tertiary/aromatic N) is 1. The molecule has 0 fully saturated rings. The fourth-order valence-electron chi connectivity index (χ4n) is 2.25. The van der Waals surface area contributed by atoms with Crippen LogP contribution in [0.25, 0.3) is 0 Å². The summed E-state index contributed by atoms with van der Waals surface area (Å²) in [7, 11) is -5.35. The number of amides is 1. The molecule has 1 amide bonds. The lowest BCUT2D eigenvalue weighted by Gasteiger charge is -2.23. The van der Waals surface area contributed by atoms with E-state index in [0.29, 0.717) is 12.0 Å². The highest BCUT2D eigenvalue weighted by Crippen LogP contribution is 2.08. The van der Waals surface area contributed by atoms with E-state index >= 15 is 0 Å². The van der Waals surface area contributed by atoms with Crippen LogP contribution in [-0.2, 0) is 21.2 Å². The number of nitrogens with one attached hydrogen (secondary N) is 2. The summed E-state index contributed by atoms with van der Waals surface area (Å²) in [5, 5.41) is 21.3. The van der Waals surface area contributed by atoms with E-state index in [-0.39, 0.29) is 12.3 Å². The molecule has 0 aliphatic heterocycles. The Morgan fingerprint density at radius 2 is 2.04 bits per heavy atom. The summed E-state index contributed by atoms with van der Waals surface area (Å²) >= 11 is 0. The lowest BCUT2D eigenvalue weighted by molar-refractivity contribution is -0.123. The summed E-state index contributed by atoms with van der Waals surface area (Å²) < 4.78 is 25.3. The summed E-state index contributed by atoms with van der Waals surface area (Å²) in [4.78, 5) is 16.4. The van der Waals surface area contributed by atoms with Crippen molar-refractivity contribution >= 4 is 23.0 Å². The third-order valence-electron chi connectivity index (χ3n) is 3.25. The van der Waals surface area contributed by atoms with Gasteiger partial charge in [0.05, 0.1) is 12.2 Å². The molecule has 8 nitrogen and oxygen atoms in total. The first-order chi connectivity index (χ1) is 11.1. The standard InChI is InChI=1S/C14H24BN3O5S/c1-10(2)7-13(15(20)21)17-14(19)12(18-24(3,22)23)8-11-5-4-6-16-9-11/h4-6,9-10,12-13,18,20-21H,7-8H2,1-3H3,(H,17,19)/t12-,13-/m0/s1. The Morgan fingerprint density at radius 3 is 2.50 bits per heavy atom. The predicted molar refractivity (Wildman–Crippen MR) is 91.3 cm³/mol. The highest BCUT2D eigenvalue weighted by atomic mass is 32.2. The van der Waals surface area contributed by atoms with E-state index in [1.54, 1.807) is 18.3 Å². The second kappa shape index (κ2) is 9.12. The van der Waals surface area contributed by atoms with E-state index in [1.807, 2.05) is 13.8 Å². The maximum atomic E-state index is 12.4. The van der Waals surface area contributed by atoms with Gasteiger partial charge in [-0.05, 0) is 30.4 Å². The van der Waals surface area contributed by atoms with Gasteiger partial charge < -0.3 is 15.4 Å². The number of aromatic nitrogens is 1. The zero-order valence-electron chi connectivity index (χ0n) is 14.0. The van der Waals surface area contributed by atoms with Crippen LogP contribution in [0.5, 0.6) is 0 Å². The first-order valence-electron chi connectivity index (χ1n) is 7.61. The lowest BCUT2D eigenvalue weighted by Crippen LogP contribution is -2.54. The molecular weight excluding hydrogens is 333 g/mol. The number of rotatable bonds is 9. The average molecular weight is 357 g/mol. The van der Waals surface area contributed by atoms with Crippen molar-refractivity contribution in [2.45, 2.75) is 38.7 Å². The highest BCUT2D eigenvalue weighted by molar-refractivity contribution is 7.88. The smallest absolute Gasteiger partial charge is 0.426 e. The van der Waals surface area contributed by atoms with Crippen molar-refractivity contribution in [3.63, 3.8) is 0 Å². The Kier molecular flexibility index (Phi) is 7.81. The lowest BCUT2D eigenvalue weighted by atomic mass is 9.75. The molecule has 0 saturated heterocycles. The molecule has 24 heavy (non-hydrogen) atoms. The van der Waals surface area contributed by atoms with Crippen LogP contribution in [0.2, 0.25) is 0 Å². The molecule has 1 aromatic heterocycles. The molecule has 0 saturated carbocycles. The summed E-state index contributed by atoms with van der Waals surface area (Å²) in [6.45, 7) is 3.76. The monoisotopic (exact) mass is 357 g/mol. The minimum atomic E-state index is -3.62. The molecule has 0 unspecified atom stereocenters. The molecule has 4 N–H and O–H groups in total. The molecule has 1 rings (SSSR count). The van der Waals surface area contributed by atoms with Gasteiger partial charge in [-0.15, -0.1) is 0 Å². The Bertz CT molecular complexity index is 625. The van der Waals surface area contributed by atoms with Gasteiger partial charge >= 0.3 is 7.12 Å². The van der Waals surface area contributed by atoms with Crippen LogP contribution in [-0.4, -0.2) is 54.7 Å². The van der Waals surface area contributed by atoms with E-state index in [9.17, 15) is 23.3 Å². The van der Waals surface area contributed by atoms with Crippen LogP contribution < -0.4 is 10.0 Å². The van der Waals surface area contributed by atoms with Crippen molar-refractivity contribution in [3.05, 3.63) is 30.1 Å². The zero-order chi connectivity index (χ0) is 18.3. The van der Waals surface area contributed by atoms with Crippen LogP contribution in [0.4, 0.5) is 0 Å². The van der Waals surface area contributed by atoms with Gasteiger partial charge in [0, 0.05) is 12.4 Å². The first-order valence-corrected chi connectivity index (χ1v) is 9.50. The Balaban J connectivity index is 2.90. The average Bonchev–Trinajstić information content (AvgIpc) is 2.45. The number of carbonyl (C=O) groups is 1. The van der Waals surface area contributed by atoms with Gasteiger partial charge in [-0.25, -0.2) is 13.1 Å². The SMILES string of the molecule is CC(C)C[C@H](NC(=O)[C@H](Cc1cccnc1)NS(C)(=O)=O)B(O)O. The van der Waals surface area contributed by atoms with Crippen molar-refractivity contribution in [1.82, 2.24) is 15.0 Å². The minimum Gasteiger partial charge on any atom is -0.426 e. The van der Waals surface area contributed by atoms with Crippen molar-refractivity contribution in [1.29, 1.82) is 0 Å². The van der Waals surface area contributed by atoms with Crippen LogP contribution >= 0.6 is 0 Å². The van der Waals surface area contributed by atoms with Crippen LogP contribution in [0, 0.1) is 5.92 Å². The second-order valence-electron chi connectivity index (χ2n) is 6.17. The molecule has 0 aromatic carbocycles. The fourth-order valence-corrected chi connectivity index (χ4v) is 2.95. The van der Waals surface area contributed by atoms with Crippen molar-refractivity contribution in [2.24, 2.45) is 5.92 Å². The van der Waals surface area contributed by atoms with E-state index in [4.69, 9.17) is 0 Å². The Morgan fingerprint density at radius 1 is 1.38 bits per heavy atom. The van der Waals surface area contributed by atoms with Crippen LogP contribution in [0.15, 0.2) is 24.5 Å². The molecule has 0 radical (unpaired) electrons. The van der Waals surface area contributed by atoms with Gasteiger partial charge in [-0.1, -0.05) is 19.9 Å². The van der Waals surface area contributed by atoms with E-state index in [2.05, 4.69) is 15.0 Å². The van der Waals surface area contributed by atoms with Gasteiger partial charge in [0.15, 0.2) is 0 Å². The van der Waals surface area contributed by atoms with Gasteiger partial charge in [0.2, 0.25) is 15.9 Å². The van der Waals surface area contributed by atoms with Gasteiger partial charge in [-0.3, -0.25) is 9.78 Å². The number of pyridine rings is 1. The molecule has 1 aromatic rings. The number of hydrogen-bond donors (Lipinski definition) is 4. The Hall–Kier alpha value is -1.49. The maximum Gasteiger partial charge on any atom is 0.475 e. The number of sulfonamides is 1. The molecule has 0 aliphatic carbocycles.